The average molecular weight is 347 g/mol. The molecule has 4 nitrogen and oxygen atoms in total. The minimum absolute atomic E-state index is 0.829. The molecular weight excluding hydrogens is 324 g/mol. The number of anilines is 1. The van der Waals surface area contributed by atoms with Crippen LogP contribution in [-0.2, 0) is 0 Å². The highest BCUT2D eigenvalue weighted by Crippen LogP contribution is 2.16. The van der Waals surface area contributed by atoms with Crippen molar-refractivity contribution < 1.29 is 14.5 Å². The molecular formula is C22H23N2O2+. The zero-order valence-electron chi connectivity index (χ0n) is 15.2. The highest BCUT2D eigenvalue weighted by atomic mass is 16.5. The zero-order chi connectivity index (χ0) is 18.4. The highest BCUT2D eigenvalue weighted by molar-refractivity contribution is 6.04. The van der Waals surface area contributed by atoms with Crippen LogP contribution >= 0.6 is 0 Å². The van der Waals surface area contributed by atoms with E-state index in [2.05, 4.69) is 41.5 Å². The largest absolute Gasteiger partial charge is 0.497 e. The molecule has 0 atom stereocenters. The van der Waals surface area contributed by atoms with Crippen LogP contribution in [0.3, 0.4) is 0 Å². The van der Waals surface area contributed by atoms with Crippen LogP contribution < -0.4 is 19.8 Å². The first-order chi connectivity index (χ1) is 12.7. The first-order valence-corrected chi connectivity index (χ1v) is 8.44. The molecule has 0 heterocycles. The zero-order valence-corrected chi connectivity index (χ0v) is 15.2. The van der Waals surface area contributed by atoms with E-state index in [9.17, 15) is 0 Å². The minimum atomic E-state index is 0.829. The van der Waals surface area contributed by atoms with E-state index in [-0.39, 0.29) is 0 Å². The lowest BCUT2D eigenvalue weighted by molar-refractivity contribution is -0.353. The number of nitrogens with one attached hydrogen (secondary N) is 2. The van der Waals surface area contributed by atoms with Gasteiger partial charge in [-0.25, -0.2) is 10.3 Å². The molecule has 132 valence electrons. The normalized spacial score (nSPS) is 11.1. The lowest BCUT2D eigenvalue weighted by Gasteiger charge is -2.06. The number of ether oxygens (including phenoxy) is 2. The van der Waals surface area contributed by atoms with Gasteiger partial charge in [0.05, 0.1) is 19.8 Å². The summed E-state index contributed by atoms with van der Waals surface area (Å²) in [4.78, 5) is 3.46. The van der Waals surface area contributed by atoms with Crippen LogP contribution in [0.1, 0.15) is 11.1 Å². The van der Waals surface area contributed by atoms with Crippen molar-refractivity contribution in [2.75, 3.05) is 19.5 Å². The Morgan fingerprint density at radius 2 is 1.27 bits per heavy atom. The van der Waals surface area contributed by atoms with Gasteiger partial charge in [0.1, 0.15) is 22.9 Å². The quantitative estimate of drug-likeness (QED) is 0.550. The summed E-state index contributed by atoms with van der Waals surface area (Å²) in [6, 6.07) is 24.1. The van der Waals surface area contributed by atoms with E-state index < -0.39 is 0 Å². The maximum Gasteiger partial charge on any atom is 0.285 e. The van der Waals surface area contributed by atoms with E-state index in [1.54, 1.807) is 14.2 Å². The Morgan fingerprint density at radius 3 is 1.81 bits per heavy atom. The number of amidine groups is 1. The van der Waals surface area contributed by atoms with E-state index in [4.69, 9.17) is 9.47 Å². The predicted octanol–water partition coefficient (Wildman–Crippen LogP) is 3.28. The van der Waals surface area contributed by atoms with Crippen molar-refractivity contribution in [1.29, 1.82) is 0 Å². The topological polar surface area (TPSA) is 44.5 Å². The molecule has 3 rings (SSSR count). The Morgan fingerprint density at radius 1 is 0.731 bits per heavy atom. The molecule has 4 heteroatoms. The third-order valence-electron chi connectivity index (χ3n) is 4.06. The first-order valence-electron chi connectivity index (χ1n) is 8.44. The number of rotatable bonds is 5. The molecule has 0 unspecified atom stereocenters. The Bertz CT molecular complexity index is 868. The summed E-state index contributed by atoms with van der Waals surface area (Å²) in [6.45, 7) is 2.08. The fourth-order valence-corrected chi connectivity index (χ4v) is 2.53. The van der Waals surface area contributed by atoms with Crippen LogP contribution in [0.15, 0.2) is 72.8 Å². The van der Waals surface area contributed by atoms with Crippen molar-refractivity contribution in [1.82, 2.24) is 0 Å². The van der Waals surface area contributed by atoms with Gasteiger partial charge in [-0.1, -0.05) is 17.7 Å². The van der Waals surface area contributed by atoms with Gasteiger partial charge in [0.2, 0.25) is 0 Å². The Balaban J connectivity index is 1.94. The third kappa shape index (κ3) is 4.42. The Labute approximate surface area is 154 Å². The molecule has 0 aromatic heterocycles. The fraction of sp³-hybridized carbons (Fsp3) is 0.136. The molecule has 0 radical (unpaired) electrons. The van der Waals surface area contributed by atoms with Crippen LogP contribution in [-0.4, -0.2) is 20.1 Å². The molecule has 3 aromatic rings. The lowest BCUT2D eigenvalue weighted by atomic mass is 10.1. The number of aryl methyl sites for hydroxylation is 1. The van der Waals surface area contributed by atoms with Crippen molar-refractivity contribution in [3.05, 3.63) is 83.9 Å². The van der Waals surface area contributed by atoms with Gasteiger partial charge in [-0.2, -0.15) is 0 Å². The van der Waals surface area contributed by atoms with E-state index in [1.807, 2.05) is 48.5 Å². The Kier molecular flexibility index (Phi) is 5.54. The summed E-state index contributed by atoms with van der Waals surface area (Å²) in [6.07, 6.45) is 0. The standard InChI is InChI=1S/C22H22N2O2/c1-16-4-6-17(7-5-16)22(23-18-8-12-20(25-2)13-9-18)24-19-10-14-21(26-3)15-11-19/h4-15H,1-3H3,(H,23,24)/p+1. The Hall–Kier alpha value is -3.27. The summed E-state index contributed by atoms with van der Waals surface area (Å²) in [5, 5.41) is 3.46. The maximum atomic E-state index is 5.23. The van der Waals surface area contributed by atoms with Gasteiger partial charge >= 0.3 is 0 Å². The van der Waals surface area contributed by atoms with Crippen LogP contribution in [0.5, 0.6) is 11.5 Å². The molecule has 0 aliphatic carbocycles. The molecule has 3 aromatic carbocycles. The van der Waals surface area contributed by atoms with Gasteiger partial charge in [-0.05, 0) is 67.6 Å². The molecule has 0 fully saturated rings. The van der Waals surface area contributed by atoms with Crippen molar-refractivity contribution >= 4 is 17.2 Å². The van der Waals surface area contributed by atoms with Crippen molar-refractivity contribution in [3.8, 4) is 11.5 Å². The van der Waals surface area contributed by atoms with Crippen LogP contribution in [0, 0.1) is 6.92 Å². The molecule has 0 spiro atoms. The third-order valence-corrected chi connectivity index (χ3v) is 4.06. The van der Waals surface area contributed by atoms with Gasteiger partial charge in [-0.3, -0.25) is 0 Å². The summed E-state index contributed by atoms with van der Waals surface area (Å²) >= 11 is 0. The van der Waals surface area contributed by atoms with Crippen molar-refractivity contribution in [2.45, 2.75) is 6.92 Å². The molecule has 0 saturated carbocycles. The number of hydrogen-bond acceptors (Lipinski definition) is 2. The molecule has 0 saturated heterocycles. The van der Waals surface area contributed by atoms with Crippen molar-refractivity contribution in [3.63, 3.8) is 0 Å². The molecule has 0 amide bonds. The van der Waals surface area contributed by atoms with Gasteiger partial charge in [0, 0.05) is 0 Å². The number of methoxy groups -OCH3 is 2. The summed E-state index contributed by atoms with van der Waals surface area (Å²) < 4.78 is 10.5. The second kappa shape index (κ2) is 8.21. The van der Waals surface area contributed by atoms with Gasteiger partial charge in [-0.15, -0.1) is 0 Å². The minimum Gasteiger partial charge on any atom is -0.497 e. The van der Waals surface area contributed by atoms with Gasteiger partial charge < -0.3 is 9.47 Å². The summed E-state index contributed by atoms with van der Waals surface area (Å²) in [7, 11) is 3.33. The van der Waals surface area contributed by atoms with Gasteiger partial charge in [0.25, 0.3) is 5.84 Å². The maximum absolute atomic E-state index is 5.23. The number of hydrogen-bond donors (Lipinski definition) is 2. The lowest BCUT2D eigenvalue weighted by Crippen LogP contribution is -2.68. The summed E-state index contributed by atoms with van der Waals surface area (Å²) in [5.41, 5.74) is 4.24. The van der Waals surface area contributed by atoms with E-state index in [1.165, 1.54) is 5.56 Å². The smallest absolute Gasteiger partial charge is 0.285 e. The monoisotopic (exact) mass is 347 g/mol. The van der Waals surface area contributed by atoms with E-state index in [0.717, 1.165) is 34.3 Å². The SMILES string of the molecule is COc1ccc(NC(=[NH+]c2ccc(OC)cc2)c2ccc(C)cc2)cc1. The number of benzene rings is 3. The second-order valence-electron chi connectivity index (χ2n) is 5.95. The predicted molar refractivity (Wildman–Crippen MR) is 106 cm³/mol. The van der Waals surface area contributed by atoms with Crippen LogP contribution in [0.4, 0.5) is 11.4 Å². The molecule has 0 bridgehead atoms. The fourth-order valence-electron chi connectivity index (χ4n) is 2.53. The van der Waals surface area contributed by atoms with E-state index >= 15 is 0 Å². The molecule has 26 heavy (non-hydrogen) atoms. The second-order valence-corrected chi connectivity index (χ2v) is 5.95. The van der Waals surface area contributed by atoms with Crippen LogP contribution in [0.25, 0.3) is 0 Å². The first kappa shape index (κ1) is 17.5. The summed E-state index contributed by atoms with van der Waals surface area (Å²) in [5.74, 6) is 2.56. The van der Waals surface area contributed by atoms with Gasteiger partial charge in [0.15, 0.2) is 0 Å². The van der Waals surface area contributed by atoms with E-state index in [0.29, 0.717) is 0 Å². The molecule has 0 aliphatic rings. The molecule has 0 aliphatic heterocycles. The van der Waals surface area contributed by atoms with Crippen molar-refractivity contribution in [2.24, 2.45) is 0 Å². The highest BCUT2D eigenvalue weighted by Gasteiger charge is 2.12. The molecule has 2 N–H and O–H groups in total. The average Bonchev–Trinajstić information content (AvgIpc) is 2.69. The van der Waals surface area contributed by atoms with Crippen LogP contribution in [0.2, 0.25) is 0 Å².